The van der Waals surface area contributed by atoms with E-state index in [0.717, 1.165) is 44.5 Å². The Morgan fingerprint density at radius 1 is 0.903 bits per heavy atom. The predicted molar refractivity (Wildman–Crippen MR) is 124 cm³/mol. The van der Waals surface area contributed by atoms with Gasteiger partial charge in [0.15, 0.2) is 5.65 Å². The number of fused-ring (bicyclic) bond motifs is 3. The van der Waals surface area contributed by atoms with E-state index < -0.39 is 0 Å². The molecule has 0 saturated carbocycles. The third-order valence-corrected chi connectivity index (χ3v) is 5.93. The molecule has 1 aromatic carbocycles. The topological polar surface area (TPSA) is 79.0 Å². The number of halogens is 1. The second-order valence-electron chi connectivity index (χ2n) is 7.71. The second kappa shape index (κ2) is 6.33. The van der Waals surface area contributed by atoms with Crippen LogP contribution in [0.15, 0.2) is 61.1 Å². The zero-order valence-corrected chi connectivity index (χ0v) is 17.7. The summed E-state index contributed by atoms with van der Waals surface area (Å²) in [5.74, 6) is 0.519. The van der Waals surface area contributed by atoms with Crippen molar-refractivity contribution in [1.82, 2.24) is 28.7 Å². The van der Waals surface area contributed by atoms with Crippen LogP contribution in [0, 0.1) is 0 Å². The summed E-state index contributed by atoms with van der Waals surface area (Å²) in [4.78, 5) is 9.33. The first-order valence-electron chi connectivity index (χ1n) is 9.81. The van der Waals surface area contributed by atoms with Gasteiger partial charge in [-0.25, -0.2) is 9.97 Å². The number of rotatable bonds is 2. The highest BCUT2D eigenvalue weighted by Gasteiger charge is 2.17. The molecule has 0 bridgehead atoms. The van der Waals surface area contributed by atoms with Crippen LogP contribution in [0.3, 0.4) is 0 Å². The molecule has 0 saturated heterocycles. The van der Waals surface area contributed by atoms with Crippen LogP contribution in [0.5, 0.6) is 0 Å². The number of hydrogen-bond acceptors (Lipinski definition) is 4. The highest BCUT2D eigenvalue weighted by Crippen LogP contribution is 2.34. The van der Waals surface area contributed by atoms with E-state index in [1.165, 1.54) is 0 Å². The standard InChI is InChI=1S/C23H18ClN7/c1-29-11-17(15-8-13(24)5-6-20(15)29)19-10-22-27-18(9-21(25)31(22)28-19)16-12-30(2)23-14(16)4-3-7-26-23/h3-12H,25H2,1-2H3. The average Bonchev–Trinajstić information content (AvgIpc) is 3.42. The minimum Gasteiger partial charge on any atom is -0.384 e. The van der Waals surface area contributed by atoms with Crippen LogP contribution in [-0.4, -0.2) is 28.7 Å². The monoisotopic (exact) mass is 427 g/mol. The van der Waals surface area contributed by atoms with Gasteiger partial charge < -0.3 is 14.9 Å². The fourth-order valence-corrected chi connectivity index (χ4v) is 4.42. The molecule has 6 aromatic rings. The van der Waals surface area contributed by atoms with Crippen molar-refractivity contribution in [3.05, 3.63) is 66.1 Å². The Bertz CT molecular complexity index is 1640. The van der Waals surface area contributed by atoms with Crippen LogP contribution in [-0.2, 0) is 14.1 Å². The van der Waals surface area contributed by atoms with E-state index in [9.17, 15) is 0 Å². The van der Waals surface area contributed by atoms with Gasteiger partial charge in [0.05, 0.1) is 11.4 Å². The summed E-state index contributed by atoms with van der Waals surface area (Å²) in [7, 11) is 3.98. The fourth-order valence-electron chi connectivity index (χ4n) is 4.25. The van der Waals surface area contributed by atoms with E-state index in [2.05, 4.69) is 15.7 Å². The fraction of sp³-hybridized carbons (Fsp3) is 0.0870. The maximum atomic E-state index is 6.39. The van der Waals surface area contributed by atoms with Crippen molar-refractivity contribution in [2.24, 2.45) is 14.1 Å². The van der Waals surface area contributed by atoms with Crippen molar-refractivity contribution in [2.75, 3.05) is 5.73 Å². The van der Waals surface area contributed by atoms with E-state index >= 15 is 0 Å². The molecule has 31 heavy (non-hydrogen) atoms. The molecule has 0 fully saturated rings. The predicted octanol–water partition coefficient (Wildman–Crippen LogP) is 4.68. The molecule has 0 unspecified atom stereocenters. The summed E-state index contributed by atoms with van der Waals surface area (Å²) in [6.45, 7) is 0. The first kappa shape index (κ1) is 18.0. The van der Waals surface area contributed by atoms with Gasteiger partial charge in [0, 0.05) is 77.3 Å². The molecule has 6 rings (SSSR count). The van der Waals surface area contributed by atoms with E-state index in [4.69, 9.17) is 27.4 Å². The van der Waals surface area contributed by atoms with Gasteiger partial charge in [0.25, 0.3) is 0 Å². The van der Waals surface area contributed by atoms with E-state index in [1.54, 1.807) is 10.7 Å². The van der Waals surface area contributed by atoms with Crippen LogP contribution >= 0.6 is 11.6 Å². The highest BCUT2D eigenvalue weighted by atomic mass is 35.5. The van der Waals surface area contributed by atoms with Gasteiger partial charge in [-0.3, -0.25) is 0 Å². The molecule has 0 atom stereocenters. The van der Waals surface area contributed by atoms with Crippen molar-refractivity contribution in [1.29, 1.82) is 0 Å². The summed E-state index contributed by atoms with van der Waals surface area (Å²) in [5, 5.41) is 7.49. The molecule has 0 radical (unpaired) electrons. The molecule has 8 heteroatoms. The first-order valence-corrected chi connectivity index (χ1v) is 10.2. The quantitative estimate of drug-likeness (QED) is 0.435. The maximum absolute atomic E-state index is 6.39. The van der Waals surface area contributed by atoms with Crippen LogP contribution in [0.25, 0.3) is 50.1 Å². The molecule has 5 heterocycles. The first-order chi connectivity index (χ1) is 15.0. The number of benzene rings is 1. The van der Waals surface area contributed by atoms with Gasteiger partial charge in [-0.15, -0.1) is 0 Å². The van der Waals surface area contributed by atoms with Crippen LogP contribution in [0.1, 0.15) is 0 Å². The van der Waals surface area contributed by atoms with Crippen molar-refractivity contribution in [3.63, 3.8) is 0 Å². The van der Waals surface area contributed by atoms with Gasteiger partial charge in [-0.05, 0) is 30.3 Å². The minimum atomic E-state index is 0.519. The van der Waals surface area contributed by atoms with Crippen molar-refractivity contribution < 1.29 is 0 Å². The van der Waals surface area contributed by atoms with Crippen molar-refractivity contribution in [3.8, 4) is 22.5 Å². The van der Waals surface area contributed by atoms with Crippen molar-refractivity contribution >= 4 is 45.0 Å². The average molecular weight is 428 g/mol. The zero-order valence-electron chi connectivity index (χ0n) is 16.9. The van der Waals surface area contributed by atoms with Crippen LogP contribution in [0.4, 0.5) is 5.82 Å². The number of aryl methyl sites for hydroxylation is 2. The summed E-state index contributed by atoms with van der Waals surface area (Å²) < 4.78 is 5.73. The van der Waals surface area contributed by atoms with Gasteiger partial charge in [0.2, 0.25) is 0 Å². The molecule has 0 amide bonds. The molecule has 0 aliphatic heterocycles. The van der Waals surface area contributed by atoms with Crippen LogP contribution < -0.4 is 5.73 Å². The Labute approximate surface area is 182 Å². The lowest BCUT2D eigenvalue weighted by Gasteiger charge is -2.03. The molecular formula is C23H18ClN7. The lowest BCUT2D eigenvalue weighted by Crippen LogP contribution is -2.01. The van der Waals surface area contributed by atoms with Gasteiger partial charge in [0.1, 0.15) is 11.5 Å². The number of hydrogen-bond donors (Lipinski definition) is 1. The Morgan fingerprint density at radius 3 is 2.58 bits per heavy atom. The molecule has 5 aromatic heterocycles. The Morgan fingerprint density at radius 2 is 1.71 bits per heavy atom. The van der Waals surface area contributed by atoms with E-state index in [1.807, 2.05) is 67.3 Å². The Balaban J connectivity index is 1.56. The van der Waals surface area contributed by atoms with E-state index in [0.29, 0.717) is 16.5 Å². The lowest BCUT2D eigenvalue weighted by atomic mass is 10.1. The molecule has 0 aliphatic carbocycles. The lowest BCUT2D eigenvalue weighted by molar-refractivity contribution is 0.944. The van der Waals surface area contributed by atoms with Crippen molar-refractivity contribution in [2.45, 2.75) is 0 Å². The molecule has 0 spiro atoms. The zero-order chi connectivity index (χ0) is 21.3. The molecule has 2 N–H and O–H groups in total. The second-order valence-corrected chi connectivity index (χ2v) is 8.15. The normalized spacial score (nSPS) is 11.8. The number of nitrogens with zero attached hydrogens (tertiary/aromatic N) is 6. The number of anilines is 1. The number of nitrogen functional groups attached to an aromatic ring is 1. The summed E-state index contributed by atoms with van der Waals surface area (Å²) >= 11 is 6.26. The molecule has 152 valence electrons. The summed E-state index contributed by atoms with van der Waals surface area (Å²) in [6.07, 6.45) is 5.87. The van der Waals surface area contributed by atoms with Gasteiger partial charge in [-0.1, -0.05) is 11.6 Å². The summed E-state index contributed by atoms with van der Waals surface area (Å²) in [6, 6.07) is 13.6. The Kier molecular flexibility index (Phi) is 3.67. The third-order valence-electron chi connectivity index (χ3n) is 5.69. The number of nitrogens with two attached hydrogens (primary N) is 1. The van der Waals surface area contributed by atoms with E-state index in [-0.39, 0.29) is 0 Å². The van der Waals surface area contributed by atoms with Gasteiger partial charge in [-0.2, -0.15) is 9.61 Å². The maximum Gasteiger partial charge on any atom is 0.158 e. The summed E-state index contributed by atoms with van der Waals surface area (Å²) in [5.41, 5.74) is 12.6. The van der Waals surface area contributed by atoms with Gasteiger partial charge >= 0.3 is 0 Å². The third kappa shape index (κ3) is 2.63. The minimum absolute atomic E-state index is 0.519. The number of pyridine rings is 1. The smallest absolute Gasteiger partial charge is 0.158 e. The molecule has 7 nitrogen and oxygen atoms in total. The highest BCUT2D eigenvalue weighted by molar-refractivity contribution is 6.31. The largest absolute Gasteiger partial charge is 0.384 e. The number of aromatic nitrogens is 6. The molecule has 0 aliphatic rings. The Hall–Kier alpha value is -3.84. The van der Waals surface area contributed by atoms with Crippen LogP contribution in [0.2, 0.25) is 5.02 Å². The SMILES string of the molecule is Cn1cc(-c2cc3nc(-c4cn(C)c5ncccc45)cc(N)n3n2)c2cc(Cl)ccc21. The molecular weight excluding hydrogens is 410 g/mol.